The fourth-order valence-corrected chi connectivity index (χ4v) is 2.35. The lowest BCUT2D eigenvalue weighted by Gasteiger charge is -2.12. The van der Waals surface area contributed by atoms with Gasteiger partial charge in [-0.15, -0.1) is 0 Å². The Morgan fingerprint density at radius 1 is 1.50 bits per heavy atom. The van der Waals surface area contributed by atoms with Gasteiger partial charge in [0, 0.05) is 5.54 Å². The van der Waals surface area contributed by atoms with Crippen molar-refractivity contribution in [3.05, 3.63) is 35.4 Å². The molecule has 14 heavy (non-hydrogen) atoms. The van der Waals surface area contributed by atoms with Crippen LogP contribution in [0, 0.1) is 12.8 Å². The van der Waals surface area contributed by atoms with E-state index >= 15 is 0 Å². The van der Waals surface area contributed by atoms with Gasteiger partial charge < -0.3 is 5.73 Å². The van der Waals surface area contributed by atoms with E-state index in [0.29, 0.717) is 5.92 Å². The van der Waals surface area contributed by atoms with Crippen molar-refractivity contribution in [3.63, 3.8) is 0 Å². The van der Waals surface area contributed by atoms with E-state index in [2.05, 4.69) is 38.1 Å². The molecule has 0 amide bonds. The summed E-state index contributed by atoms with van der Waals surface area (Å²) in [5.74, 6) is 0.717. The second kappa shape index (κ2) is 3.39. The molecule has 1 nitrogen and oxygen atoms in total. The first kappa shape index (κ1) is 9.72. The van der Waals surface area contributed by atoms with Gasteiger partial charge >= 0.3 is 0 Å². The molecule has 1 aliphatic carbocycles. The van der Waals surface area contributed by atoms with Gasteiger partial charge in [-0.2, -0.15) is 0 Å². The van der Waals surface area contributed by atoms with E-state index in [4.69, 9.17) is 5.73 Å². The van der Waals surface area contributed by atoms with Crippen molar-refractivity contribution in [1.82, 2.24) is 0 Å². The summed E-state index contributed by atoms with van der Waals surface area (Å²) in [6.07, 6.45) is 3.68. The number of nitrogens with two attached hydrogens (primary N) is 1. The second-order valence-electron chi connectivity index (χ2n) is 4.60. The van der Waals surface area contributed by atoms with E-state index in [1.807, 2.05) is 0 Å². The van der Waals surface area contributed by atoms with Gasteiger partial charge in [-0.1, -0.05) is 43.2 Å². The summed E-state index contributed by atoms with van der Waals surface area (Å²) in [7, 11) is 0. The van der Waals surface area contributed by atoms with E-state index in [0.717, 1.165) is 0 Å². The highest BCUT2D eigenvalue weighted by molar-refractivity contribution is 5.34. The molecule has 0 spiro atoms. The van der Waals surface area contributed by atoms with Crippen molar-refractivity contribution < 1.29 is 0 Å². The quantitative estimate of drug-likeness (QED) is 0.777. The Morgan fingerprint density at radius 2 is 2.29 bits per heavy atom. The number of aryl methyl sites for hydroxylation is 1. The lowest BCUT2D eigenvalue weighted by atomic mass is 10.00. The number of benzene rings is 1. The highest BCUT2D eigenvalue weighted by atomic mass is 14.9. The van der Waals surface area contributed by atoms with Crippen LogP contribution in [0.25, 0.3) is 0 Å². The minimum atomic E-state index is 0.00201. The van der Waals surface area contributed by atoms with E-state index in [1.54, 1.807) is 0 Å². The summed E-state index contributed by atoms with van der Waals surface area (Å²) in [5, 5.41) is 0. The number of hydrogen-bond donors (Lipinski definition) is 1. The highest BCUT2D eigenvalue weighted by Gasteiger charge is 2.51. The molecule has 0 aliphatic heterocycles. The zero-order valence-electron chi connectivity index (χ0n) is 9.09. The standard InChI is InChI=1S/C13H19N/c1-3-5-12-9-13(12,14)11-7-4-6-10(2)8-11/h4,6-8,12H,3,5,9,14H2,1-2H3. The summed E-state index contributed by atoms with van der Waals surface area (Å²) < 4.78 is 0. The van der Waals surface area contributed by atoms with Gasteiger partial charge in [0.05, 0.1) is 0 Å². The van der Waals surface area contributed by atoms with Crippen molar-refractivity contribution in [2.24, 2.45) is 11.7 Å². The fourth-order valence-electron chi connectivity index (χ4n) is 2.35. The molecule has 2 rings (SSSR count). The normalized spacial score (nSPS) is 30.4. The highest BCUT2D eigenvalue weighted by Crippen LogP contribution is 2.52. The van der Waals surface area contributed by atoms with Gasteiger partial charge in [0.25, 0.3) is 0 Å². The summed E-state index contributed by atoms with van der Waals surface area (Å²) in [6, 6.07) is 8.64. The van der Waals surface area contributed by atoms with Crippen LogP contribution in [0.1, 0.15) is 37.3 Å². The summed E-state index contributed by atoms with van der Waals surface area (Å²) >= 11 is 0. The zero-order chi connectivity index (χ0) is 10.2. The SMILES string of the molecule is CCCC1CC1(N)c1cccc(C)c1. The molecule has 1 saturated carbocycles. The molecular weight excluding hydrogens is 170 g/mol. The van der Waals surface area contributed by atoms with Gasteiger partial charge in [0.1, 0.15) is 0 Å². The van der Waals surface area contributed by atoms with E-state index in [1.165, 1.54) is 30.4 Å². The van der Waals surface area contributed by atoms with Crippen LogP contribution in [0.3, 0.4) is 0 Å². The van der Waals surface area contributed by atoms with Crippen LogP contribution >= 0.6 is 0 Å². The number of rotatable bonds is 3. The minimum Gasteiger partial charge on any atom is -0.321 e. The van der Waals surface area contributed by atoms with Gasteiger partial charge in [-0.05, 0) is 31.2 Å². The molecule has 0 saturated heterocycles. The van der Waals surface area contributed by atoms with Crippen LogP contribution in [0.15, 0.2) is 24.3 Å². The van der Waals surface area contributed by atoms with Crippen LogP contribution in [0.4, 0.5) is 0 Å². The third kappa shape index (κ3) is 1.57. The van der Waals surface area contributed by atoms with E-state index < -0.39 is 0 Å². The molecular formula is C13H19N. The van der Waals surface area contributed by atoms with Crippen molar-refractivity contribution in [2.75, 3.05) is 0 Å². The first-order chi connectivity index (χ1) is 6.66. The molecule has 0 bridgehead atoms. The van der Waals surface area contributed by atoms with Crippen LogP contribution in [0.5, 0.6) is 0 Å². The van der Waals surface area contributed by atoms with Crippen molar-refractivity contribution in [2.45, 2.75) is 38.6 Å². The second-order valence-corrected chi connectivity index (χ2v) is 4.60. The van der Waals surface area contributed by atoms with Gasteiger partial charge in [0.15, 0.2) is 0 Å². The maximum atomic E-state index is 6.37. The Labute approximate surface area is 86.3 Å². The average molecular weight is 189 g/mol. The topological polar surface area (TPSA) is 26.0 Å². The molecule has 0 heterocycles. The van der Waals surface area contributed by atoms with Crippen LogP contribution in [-0.2, 0) is 5.54 Å². The molecule has 1 aliphatic rings. The Kier molecular flexibility index (Phi) is 2.36. The first-order valence-electron chi connectivity index (χ1n) is 5.53. The molecule has 1 aromatic rings. The maximum Gasteiger partial charge on any atom is 0.0442 e. The molecule has 1 fully saturated rings. The third-order valence-corrected chi connectivity index (χ3v) is 3.35. The Hall–Kier alpha value is -0.820. The molecule has 1 heteroatoms. The largest absolute Gasteiger partial charge is 0.321 e. The van der Waals surface area contributed by atoms with E-state index in [9.17, 15) is 0 Å². The first-order valence-corrected chi connectivity index (χ1v) is 5.53. The predicted molar refractivity (Wildman–Crippen MR) is 60.1 cm³/mol. The maximum absolute atomic E-state index is 6.37. The fraction of sp³-hybridized carbons (Fsp3) is 0.538. The lowest BCUT2D eigenvalue weighted by Crippen LogP contribution is -2.22. The Morgan fingerprint density at radius 3 is 2.93 bits per heavy atom. The average Bonchev–Trinajstić information content (AvgIpc) is 2.79. The predicted octanol–water partition coefficient (Wildman–Crippen LogP) is 2.97. The van der Waals surface area contributed by atoms with Crippen molar-refractivity contribution in [1.29, 1.82) is 0 Å². The third-order valence-electron chi connectivity index (χ3n) is 3.35. The van der Waals surface area contributed by atoms with Crippen molar-refractivity contribution >= 4 is 0 Å². The monoisotopic (exact) mass is 189 g/mol. The molecule has 0 aromatic heterocycles. The summed E-state index contributed by atoms with van der Waals surface area (Å²) in [5.41, 5.74) is 9.01. The number of hydrogen-bond acceptors (Lipinski definition) is 1. The summed E-state index contributed by atoms with van der Waals surface area (Å²) in [4.78, 5) is 0. The van der Waals surface area contributed by atoms with Crippen LogP contribution < -0.4 is 5.73 Å². The zero-order valence-corrected chi connectivity index (χ0v) is 9.09. The Bertz CT molecular complexity index is 332. The lowest BCUT2D eigenvalue weighted by molar-refractivity contribution is 0.583. The van der Waals surface area contributed by atoms with Gasteiger partial charge in [-0.3, -0.25) is 0 Å². The molecule has 2 N–H and O–H groups in total. The molecule has 76 valence electrons. The molecule has 2 atom stereocenters. The molecule has 0 radical (unpaired) electrons. The van der Waals surface area contributed by atoms with Crippen LogP contribution in [0.2, 0.25) is 0 Å². The molecule has 1 aromatic carbocycles. The van der Waals surface area contributed by atoms with Crippen molar-refractivity contribution in [3.8, 4) is 0 Å². The Balaban J connectivity index is 2.17. The molecule has 2 unspecified atom stereocenters. The van der Waals surface area contributed by atoms with Gasteiger partial charge in [-0.25, -0.2) is 0 Å². The van der Waals surface area contributed by atoms with Gasteiger partial charge in [0.2, 0.25) is 0 Å². The van der Waals surface area contributed by atoms with Crippen LogP contribution in [-0.4, -0.2) is 0 Å². The summed E-state index contributed by atoms with van der Waals surface area (Å²) in [6.45, 7) is 4.36. The minimum absolute atomic E-state index is 0.00201. The van der Waals surface area contributed by atoms with E-state index in [-0.39, 0.29) is 5.54 Å². The smallest absolute Gasteiger partial charge is 0.0442 e.